The molecule has 20 heavy (non-hydrogen) atoms. The third-order valence-electron chi connectivity index (χ3n) is 4.39. The van der Waals surface area contributed by atoms with Crippen molar-refractivity contribution in [3.63, 3.8) is 0 Å². The van der Waals surface area contributed by atoms with Gasteiger partial charge in [0.25, 0.3) is 0 Å². The number of aromatic hydroxyl groups is 1. The molecule has 2 aromatic carbocycles. The number of phenols is 1. The first kappa shape index (κ1) is 15.0. The van der Waals surface area contributed by atoms with Gasteiger partial charge in [-0.15, -0.1) is 12.6 Å². The Morgan fingerprint density at radius 2 is 1.70 bits per heavy atom. The maximum atomic E-state index is 10.3. The maximum Gasteiger partial charge on any atom is 0.119 e. The molecule has 0 heterocycles. The van der Waals surface area contributed by atoms with E-state index in [1.807, 2.05) is 19.1 Å². The molecular formula is C18H22OS. The normalized spacial score (nSPS) is 13.2. The molecule has 106 valence electrons. The SMILES string of the molecule is Cc1cc(O)c(C(C)(C)C(C)c2ccccc2)cc1S. The van der Waals surface area contributed by atoms with Crippen LogP contribution in [0.4, 0.5) is 0 Å². The van der Waals surface area contributed by atoms with Crippen molar-refractivity contribution in [1.29, 1.82) is 0 Å². The van der Waals surface area contributed by atoms with Crippen molar-refractivity contribution in [1.82, 2.24) is 0 Å². The van der Waals surface area contributed by atoms with E-state index in [9.17, 15) is 5.11 Å². The van der Waals surface area contributed by atoms with Crippen LogP contribution in [0.2, 0.25) is 0 Å². The van der Waals surface area contributed by atoms with Crippen LogP contribution >= 0.6 is 12.6 Å². The van der Waals surface area contributed by atoms with Crippen LogP contribution in [0.5, 0.6) is 5.75 Å². The van der Waals surface area contributed by atoms with Crippen LogP contribution in [0.25, 0.3) is 0 Å². The highest BCUT2D eigenvalue weighted by molar-refractivity contribution is 7.80. The number of hydrogen-bond donors (Lipinski definition) is 2. The Kier molecular flexibility index (Phi) is 4.14. The zero-order valence-corrected chi connectivity index (χ0v) is 13.4. The van der Waals surface area contributed by atoms with E-state index in [0.29, 0.717) is 11.7 Å². The first-order chi connectivity index (χ1) is 9.34. The summed E-state index contributed by atoms with van der Waals surface area (Å²) in [5.74, 6) is 0.651. The van der Waals surface area contributed by atoms with Crippen LogP contribution in [0, 0.1) is 6.92 Å². The number of rotatable bonds is 3. The van der Waals surface area contributed by atoms with Gasteiger partial charge in [-0.3, -0.25) is 0 Å². The fraction of sp³-hybridized carbons (Fsp3) is 0.333. The number of thiol groups is 1. The van der Waals surface area contributed by atoms with Crippen LogP contribution in [-0.4, -0.2) is 5.11 Å². The second-order valence-corrected chi connectivity index (χ2v) is 6.49. The van der Waals surface area contributed by atoms with Crippen LogP contribution in [0.1, 0.15) is 43.4 Å². The molecule has 1 nitrogen and oxygen atoms in total. The van der Waals surface area contributed by atoms with Gasteiger partial charge in [0, 0.05) is 10.5 Å². The van der Waals surface area contributed by atoms with Crippen molar-refractivity contribution in [3.8, 4) is 5.75 Å². The summed E-state index contributed by atoms with van der Waals surface area (Å²) >= 11 is 4.49. The smallest absolute Gasteiger partial charge is 0.119 e. The number of aryl methyl sites for hydroxylation is 1. The van der Waals surface area contributed by atoms with Gasteiger partial charge in [0.05, 0.1) is 0 Å². The molecule has 0 amide bonds. The third kappa shape index (κ3) is 2.71. The predicted molar refractivity (Wildman–Crippen MR) is 88.0 cm³/mol. The van der Waals surface area contributed by atoms with E-state index in [-0.39, 0.29) is 5.41 Å². The first-order valence-electron chi connectivity index (χ1n) is 6.92. The Labute approximate surface area is 127 Å². The van der Waals surface area contributed by atoms with E-state index in [4.69, 9.17) is 0 Å². The average molecular weight is 286 g/mol. The van der Waals surface area contributed by atoms with Gasteiger partial charge >= 0.3 is 0 Å². The molecule has 0 saturated heterocycles. The van der Waals surface area contributed by atoms with E-state index < -0.39 is 0 Å². The van der Waals surface area contributed by atoms with Crippen molar-refractivity contribution in [2.75, 3.05) is 0 Å². The van der Waals surface area contributed by atoms with Gasteiger partial charge in [0.2, 0.25) is 0 Å². The van der Waals surface area contributed by atoms with Crippen LogP contribution in [0.3, 0.4) is 0 Å². The summed E-state index contributed by atoms with van der Waals surface area (Å²) in [6, 6.07) is 14.2. The first-order valence-corrected chi connectivity index (χ1v) is 7.36. The lowest BCUT2D eigenvalue weighted by atomic mass is 9.71. The van der Waals surface area contributed by atoms with Gasteiger partial charge in [0.1, 0.15) is 5.75 Å². The molecule has 1 N–H and O–H groups in total. The standard InChI is InChI=1S/C18H22OS/c1-12-10-16(19)15(11-17(12)20)18(3,4)13(2)14-8-6-5-7-9-14/h5-11,13,19-20H,1-4H3. The van der Waals surface area contributed by atoms with Crippen molar-refractivity contribution < 1.29 is 5.11 Å². The molecule has 0 saturated carbocycles. The predicted octanol–water partition coefficient (Wildman–Crippen LogP) is 5.07. The minimum atomic E-state index is -0.170. The Bertz CT molecular complexity index is 602. The average Bonchev–Trinajstić information content (AvgIpc) is 2.42. The Hall–Kier alpha value is -1.41. The largest absolute Gasteiger partial charge is 0.508 e. The number of benzene rings is 2. The minimum Gasteiger partial charge on any atom is -0.508 e. The van der Waals surface area contributed by atoms with Crippen LogP contribution in [0.15, 0.2) is 47.4 Å². The van der Waals surface area contributed by atoms with E-state index in [0.717, 1.165) is 16.0 Å². The molecule has 0 aliphatic rings. The van der Waals surface area contributed by atoms with Crippen molar-refractivity contribution >= 4 is 12.6 Å². The Balaban J connectivity index is 2.47. The van der Waals surface area contributed by atoms with Gasteiger partial charge in [0.15, 0.2) is 0 Å². The highest BCUT2D eigenvalue weighted by Gasteiger charge is 2.31. The Morgan fingerprint density at radius 1 is 1.10 bits per heavy atom. The molecule has 1 unspecified atom stereocenters. The molecule has 0 aliphatic carbocycles. The summed E-state index contributed by atoms with van der Waals surface area (Å²) < 4.78 is 0. The Morgan fingerprint density at radius 3 is 2.30 bits per heavy atom. The monoisotopic (exact) mass is 286 g/mol. The summed E-state index contributed by atoms with van der Waals surface area (Å²) in [6.45, 7) is 8.50. The van der Waals surface area contributed by atoms with Gasteiger partial charge < -0.3 is 5.11 Å². The lowest BCUT2D eigenvalue weighted by Gasteiger charge is -2.33. The summed E-state index contributed by atoms with van der Waals surface area (Å²) in [5, 5.41) is 10.3. The van der Waals surface area contributed by atoms with Crippen molar-refractivity contribution in [3.05, 3.63) is 59.2 Å². The molecule has 0 aromatic heterocycles. The van der Waals surface area contributed by atoms with Crippen LogP contribution in [-0.2, 0) is 5.41 Å². The summed E-state index contributed by atoms with van der Waals surface area (Å²) in [7, 11) is 0. The maximum absolute atomic E-state index is 10.3. The lowest BCUT2D eigenvalue weighted by molar-refractivity contribution is 0.396. The lowest BCUT2D eigenvalue weighted by Crippen LogP contribution is -2.25. The fourth-order valence-corrected chi connectivity index (χ4v) is 2.78. The second kappa shape index (κ2) is 5.53. The third-order valence-corrected chi connectivity index (χ3v) is 4.87. The van der Waals surface area contributed by atoms with E-state index in [1.54, 1.807) is 6.07 Å². The van der Waals surface area contributed by atoms with Gasteiger partial charge in [-0.2, -0.15) is 0 Å². The van der Waals surface area contributed by atoms with Gasteiger partial charge in [-0.05, 0) is 41.5 Å². The highest BCUT2D eigenvalue weighted by Crippen LogP contribution is 2.43. The van der Waals surface area contributed by atoms with E-state index >= 15 is 0 Å². The number of phenolic OH excluding ortho intramolecular Hbond substituents is 1. The molecule has 2 heteroatoms. The molecule has 2 aromatic rings. The minimum absolute atomic E-state index is 0.170. The summed E-state index contributed by atoms with van der Waals surface area (Å²) in [5.41, 5.74) is 3.05. The van der Waals surface area contributed by atoms with E-state index in [2.05, 4.69) is 57.7 Å². The quantitative estimate of drug-likeness (QED) is 0.755. The zero-order chi connectivity index (χ0) is 14.9. The number of hydrogen-bond acceptors (Lipinski definition) is 2. The molecule has 0 radical (unpaired) electrons. The summed E-state index contributed by atoms with van der Waals surface area (Å²) in [4.78, 5) is 0.922. The summed E-state index contributed by atoms with van der Waals surface area (Å²) in [6.07, 6.45) is 0. The molecule has 0 spiro atoms. The van der Waals surface area contributed by atoms with Crippen molar-refractivity contribution in [2.45, 2.75) is 43.9 Å². The highest BCUT2D eigenvalue weighted by atomic mass is 32.1. The molecule has 0 bridgehead atoms. The molecule has 0 fully saturated rings. The molecule has 2 rings (SSSR count). The topological polar surface area (TPSA) is 20.2 Å². The molecule has 0 aliphatic heterocycles. The molecule has 1 atom stereocenters. The second-order valence-electron chi connectivity index (χ2n) is 6.01. The zero-order valence-electron chi connectivity index (χ0n) is 12.5. The van der Waals surface area contributed by atoms with Gasteiger partial charge in [-0.1, -0.05) is 51.1 Å². The van der Waals surface area contributed by atoms with Gasteiger partial charge in [-0.25, -0.2) is 0 Å². The molecular weight excluding hydrogens is 264 g/mol. The van der Waals surface area contributed by atoms with Crippen molar-refractivity contribution in [2.24, 2.45) is 0 Å². The van der Waals surface area contributed by atoms with Crippen LogP contribution < -0.4 is 0 Å². The fourth-order valence-electron chi connectivity index (χ4n) is 2.59. The van der Waals surface area contributed by atoms with E-state index in [1.165, 1.54) is 5.56 Å².